The zero-order valence-electron chi connectivity index (χ0n) is 15.9. The highest BCUT2D eigenvalue weighted by Gasteiger charge is 2.18. The van der Waals surface area contributed by atoms with Gasteiger partial charge in [-0.25, -0.2) is 9.48 Å². The van der Waals surface area contributed by atoms with Crippen LogP contribution in [-0.2, 0) is 9.53 Å². The molecule has 2 amide bonds. The Labute approximate surface area is 166 Å². The number of nitrogens with one attached hydrogen (secondary N) is 2. The molecule has 9 nitrogen and oxygen atoms in total. The molecule has 0 unspecified atom stereocenters. The number of nitrogens with zero attached hydrogens (tertiary/aromatic N) is 2. The molecule has 9 heteroatoms. The zero-order valence-corrected chi connectivity index (χ0v) is 15.9. The summed E-state index contributed by atoms with van der Waals surface area (Å²) in [4.78, 5) is 36.2. The Morgan fingerprint density at radius 3 is 2.79 bits per heavy atom. The second-order valence-electron chi connectivity index (χ2n) is 6.11. The Morgan fingerprint density at radius 1 is 1.24 bits per heavy atom. The molecule has 2 aromatic heterocycles. The van der Waals surface area contributed by atoms with Gasteiger partial charge < -0.3 is 19.8 Å². The summed E-state index contributed by atoms with van der Waals surface area (Å²) in [6.45, 7) is 3.57. The number of hydrogen-bond acceptors (Lipinski definition) is 6. The van der Waals surface area contributed by atoms with Crippen LogP contribution in [0.25, 0.3) is 5.69 Å². The van der Waals surface area contributed by atoms with Crippen molar-refractivity contribution in [3.63, 3.8) is 0 Å². The fourth-order valence-electron chi connectivity index (χ4n) is 2.50. The molecule has 0 spiro atoms. The Balaban J connectivity index is 1.65. The van der Waals surface area contributed by atoms with Crippen LogP contribution in [-0.4, -0.2) is 40.2 Å². The van der Waals surface area contributed by atoms with Crippen molar-refractivity contribution in [3.05, 3.63) is 66.4 Å². The summed E-state index contributed by atoms with van der Waals surface area (Å²) in [5, 5.41) is 9.52. The van der Waals surface area contributed by atoms with Gasteiger partial charge in [-0.15, -0.1) is 0 Å². The van der Waals surface area contributed by atoms with Crippen LogP contribution in [0, 0.1) is 0 Å². The van der Waals surface area contributed by atoms with Gasteiger partial charge in [-0.3, -0.25) is 9.59 Å². The Morgan fingerprint density at radius 2 is 2.07 bits per heavy atom. The van der Waals surface area contributed by atoms with Gasteiger partial charge in [0.2, 0.25) is 5.91 Å². The van der Waals surface area contributed by atoms with Gasteiger partial charge in [0.1, 0.15) is 12.3 Å². The van der Waals surface area contributed by atoms with Gasteiger partial charge in [-0.1, -0.05) is 6.07 Å². The molecule has 0 fully saturated rings. The Kier molecular flexibility index (Phi) is 6.08. The predicted molar refractivity (Wildman–Crippen MR) is 104 cm³/mol. The van der Waals surface area contributed by atoms with Gasteiger partial charge in [0.25, 0.3) is 5.91 Å². The quantitative estimate of drug-likeness (QED) is 0.593. The lowest BCUT2D eigenvalue weighted by Gasteiger charge is -2.14. The average Bonchev–Trinajstić information content (AvgIpc) is 3.40. The van der Waals surface area contributed by atoms with E-state index in [9.17, 15) is 14.4 Å². The molecule has 0 saturated carbocycles. The number of benzene rings is 1. The Bertz CT molecular complexity index is 1010. The molecule has 0 saturated heterocycles. The molecule has 29 heavy (non-hydrogen) atoms. The molecule has 0 aliphatic heterocycles. The highest BCUT2D eigenvalue weighted by molar-refractivity contribution is 6.00. The van der Waals surface area contributed by atoms with E-state index in [1.165, 1.54) is 23.3 Å². The van der Waals surface area contributed by atoms with Crippen LogP contribution in [0.15, 0.2) is 59.5 Å². The summed E-state index contributed by atoms with van der Waals surface area (Å²) in [5.74, 6) is -1.29. The van der Waals surface area contributed by atoms with E-state index >= 15 is 0 Å². The van der Waals surface area contributed by atoms with Crippen LogP contribution >= 0.6 is 0 Å². The first kappa shape index (κ1) is 19.9. The number of amides is 2. The highest BCUT2D eigenvalue weighted by Crippen LogP contribution is 2.15. The first-order valence-electron chi connectivity index (χ1n) is 8.95. The van der Waals surface area contributed by atoms with E-state index in [4.69, 9.17) is 9.15 Å². The monoisotopic (exact) mass is 396 g/mol. The number of rotatable bonds is 7. The fraction of sp³-hybridized carbons (Fsp3) is 0.200. The normalized spacial score (nSPS) is 11.5. The lowest BCUT2D eigenvalue weighted by atomic mass is 10.2. The largest absolute Gasteiger partial charge is 0.472 e. The van der Waals surface area contributed by atoms with Gasteiger partial charge in [-0.2, -0.15) is 5.10 Å². The van der Waals surface area contributed by atoms with Gasteiger partial charge >= 0.3 is 5.97 Å². The van der Waals surface area contributed by atoms with Gasteiger partial charge in [0.15, 0.2) is 5.69 Å². The summed E-state index contributed by atoms with van der Waals surface area (Å²) in [6.07, 6.45) is 4.31. The second-order valence-corrected chi connectivity index (χ2v) is 6.11. The lowest BCUT2D eigenvalue weighted by molar-refractivity contribution is -0.117. The number of aromatic nitrogens is 2. The average molecular weight is 396 g/mol. The molecule has 1 atom stereocenters. The summed E-state index contributed by atoms with van der Waals surface area (Å²) in [6, 6.07) is 9.23. The topological polar surface area (TPSA) is 115 Å². The number of ether oxygens (including phenoxy) is 1. The van der Waals surface area contributed by atoms with Crippen LogP contribution in [0.2, 0.25) is 0 Å². The third-order valence-electron chi connectivity index (χ3n) is 3.98. The fourth-order valence-corrected chi connectivity index (χ4v) is 2.50. The maximum Gasteiger partial charge on any atom is 0.358 e. The number of carbonyl (C=O) groups excluding carboxylic acids is 3. The molecular formula is C20H20N4O5. The van der Waals surface area contributed by atoms with E-state index in [0.29, 0.717) is 16.9 Å². The smallest absolute Gasteiger partial charge is 0.358 e. The first-order valence-corrected chi connectivity index (χ1v) is 8.95. The van der Waals surface area contributed by atoms with Crippen molar-refractivity contribution in [1.29, 1.82) is 0 Å². The van der Waals surface area contributed by atoms with Gasteiger partial charge in [0.05, 0.1) is 24.1 Å². The van der Waals surface area contributed by atoms with E-state index in [0.717, 1.165) is 0 Å². The summed E-state index contributed by atoms with van der Waals surface area (Å²) in [7, 11) is 0. The van der Waals surface area contributed by atoms with Crippen molar-refractivity contribution >= 4 is 23.5 Å². The van der Waals surface area contributed by atoms with Crippen LogP contribution < -0.4 is 10.6 Å². The van der Waals surface area contributed by atoms with Crippen molar-refractivity contribution in [1.82, 2.24) is 15.1 Å². The maximum absolute atomic E-state index is 12.4. The van der Waals surface area contributed by atoms with Crippen molar-refractivity contribution in [3.8, 4) is 5.69 Å². The van der Waals surface area contributed by atoms with E-state index in [1.54, 1.807) is 50.4 Å². The lowest BCUT2D eigenvalue weighted by Crippen LogP contribution is -2.41. The molecular weight excluding hydrogens is 376 g/mol. The second kappa shape index (κ2) is 8.87. The van der Waals surface area contributed by atoms with Crippen LogP contribution in [0.5, 0.6) is 0 Å². The minimum absolute atomic E-state index is 0.192. The standard InChI is InChI=1S/C20H20N4O5/c1-3-29-20(27)17-7-9-24(23-17)16-6-4-5-15(11-16)22-18(25)13(2)21-19(26)14-8-10-28-12-14/h4-13H,3H2,1-2H3,(H,21,26)(H,22,25)/t13-/m0/s1. The van der Waals surface area contributed by atoms with Crippen LogP contribution in [0.4, 0.5) is 5.69 Å². The molecule has 3 aromatic rings. The van der Waals surface area contributed by atoms with Crippen molar-refractivity contribution < 1.29 is 23.5 Å². The van der Waals surface area contributed by atoms with E-state index < -0.39 is 17.9 Å². The van der Waals surface area contributed by atoms with Crippen molar-refractivity contribution in [2.45, 2.75) is 19.9 Å². The van der Waals surface area contributed by atoms with Gasteiger partial charge in [0, 0.05) is 11.9 Å². The van der Waals surface area contributed by atoms with E-state index in [2.05, 4.69) is 15.7 Å². The van der Waals surface area contributed by atoms with Crippen molar-refractivity contribution in [2.24, 2.45) is 0 Å². The SMILES string of the molecule is CCOC(=O)c1ccn(-c2cccc(NC(=O)[C@H](C)NC(=O)c3ccoc3)c2)n1. The molecule has 0 aliphatic rings. The van der Waals surface area contributed by atoms with Crippen LogP contribution in [0.1, 0.15) is 34.7 Å². The molecule has 2 N–H and O–H groups in total. The number of furan rings is 1. The molecule has 2 heterocycles. The minimum Gasteiger partial charge on any atom is -0.472 e. The van der Waals surface area contributed by atoms with E-state index in [-0.39, 0.29) is 18.2 Å². The molecule has 0 bridgehead atoms. The molecule has 3 rings (SSSR count). The summed E-state index contributed by atoms with van der Waals surface area (Å²) >= 11 is 0. The molecule has 0 aliphatic carbocycles. The van der Waals surface area contributed by atoms with Crippen molar-refractivity contribution in [2.75, 3.05) is 11.9 Å². The summed E-state index contributed by atoms with van der Waals surface area (Å²) in [5.41, 5.74) is 1.69. The predicted octanol–water partition coefficient (Wildman–Crippen LogP) is 2.40. The summed E-state index contributed by atoms with van der Waals surface area (Å²) < 4.78 is 11.3. The molecule has 1 aromatic carbocycles. The van der Waals surface area contributed by atoms with E-state index in [1.807, 2.05) is 0 Å². The third kappa shape index (κ3) is 4.89. The first-order chi connectivity index (χ1) is 14.0. The highest BCUT2D eigenvalue weighted by atomic mass is 16.5. The zero-order chi connectivity index (χ0) is 20.8. The van der Waals surface area contributed by atoms with Gasteiger partial charge in [-0.05, 0) is 44.2 Å². The number of esters is 1. The maximum atomic E-state index is 12.4. The molecule has 0 radical (unpaired) electrons. The Hall–Kier alpha value is -3.88. The molecule has 150 valence electrons. The number of carbonyl (C=O) groups is 3. The minimum atomic E-state index is -0.763. The number of anilines is 1. The number of hydrogen-bond donors (Lipinski definition) is 2. The third-order valence-corrected chi connectivity index (χ3v) is 3.98. The van der Waals surface area contributed by atoms with Crippen LogP contribution in [0.3, 0.4) is 0 Å².